The lowest BCUT2D eigenvalue weighted by Gasteiger charge is -2.36. The van der Waals surface area contributed by atoms with E-state index in [-0.39, 0.29) is 12.6 Å². The Hall–Kier alpha value is -2.38. The number of nitrogens with one attached hydrogen (secondary N) is 1. The molecule has 1 unspecified atom stereocenters. The van der Waals surface area contributed by atoms with E-state index in [4.69, 9.17) is 4.74 Å². The number of benzene rings is 2. The highest BCUT2D eigenvalue weighted by Gasteiger charge is 2.37. The first kappa shape index (κ1) is 25.7. The van der Waals surface area contributed by atoms with Crippen LogP contribution in [-0.4, -0.2) is 23.4 Å². The Morgan fingerprint density at radius 1 is 1.11 bits per heavy atom. The quantitative estimate of drug-likeness (QED) is 0.264. The summed E-state index contributed by atoms with van der Waals surface area (Å²) in [6.45, 7) is 4.55. The number of ether oxygens (including phenoxy) is 1. The number of allylic oxidation sites excluding steroid dienone is 2. The number of rotatable bonds is 7. The normalized spacial score (nSPS) is 18.3. The second-order valence-corrected chi connectivity index (χ2v) is 10.8. The van der Waals surface area contributed by atoms with Crippen molar-refractivity contribution in [1.29, 1.82) is 0 Å². The van der Waals surface area contributed by atoms with Gasteiger partial charge in [-0.15, -0.1) is 0 Å². The zero-order valence-electron chi connectivity index (χ0n) is 20.1. The molecule has 2 amide bonds. The molecule has 2 aliphatic rings. The van der Waals surface area contributed by atoms with Crippen LogP contribution in [0.4, 0.5) is 4.79 Å². The van der Waals surface area contributed by atoms with E-state index < -0.39 is 12.0 Å². The van der Waals surface area contributed by atoms with E-state index in [9.17, 15) is 9.59 Å². The van der Waals surface area contributed by atoms with Crippen molar-refractivity contribution in [3.8, 4) is 0 Å². The van der Waals surface area contributed by atoms with E-state index in [1.165, 1.54) is 18.4 Å². The van der Waals surface area contributed by atoms with Gasteiger partial charge in [0.25, 0.3) is 0 Å². The lowest BCUT2D eigenvalue weighted by molar-refractivity contribution is -0.141. The van der Waals surface area contributed by atoms with Crippen molar-refractivity contribution in [3.63, 3.8) is 0 Å². The number of hydrogen-bond donors (Lipinski definition) is 1. The minimum Gasteiger partial charge on any atom is -0.457 e. The average molecular weight is 602 g/mol. The molecular weight excluding hydrogens is 572 g/mol. The largest absolute Gasteiger partial charge is 0.457 e. The van der Waals surface area contributed by atoms with Crippen LogP contribution in [0.2, 0.25) is 0 Å². The molecule has 1 aliphatic carbocycles. The van der Waals surface area contributed by atoms with Gasteiger partial charge in [-0.05, 0) is 74.8 Å². The van der Waals surface area contributed by atoms with Gasteiger partial charge in [0.2, 0.25) is 0 Å². The Morgan fingerprint density at radius 2 is 1.83 bits per heavy atom. The van der Waals surface area contributed by atoms with Crippen molar-refractivity contribution in [1.82, 2.24) is 10.2 Å². The number of hydrogen-bond acceptors (Lipinski definition) is 3. The van der Waals surface area contributed by atoms with Crippen LogP contribution < -0.4 is 5.32 Å². The molecule has 0 aromatic heterocycles. The van der Waals surface area contributed by atoms with Crippen LogP contribution in [0.3, 0.4) is 0 Å². The molecule has 4 rings (SSSR count). The molecule has 1 aliphatic heterocycles. The van der Waals surface area contributed by atoms with Crippen LogP contribution in [0.1, 0.15) is 61.8 Å². The summed E-state index contributed by atoms with van der Waals surface area (Å²) in [6, 6.07) is 12.7. The third kappa shape index (κ3) is 6.07. The second-order valence-electron chi connectivity index (χ2n) is 9.06. The standard InChI is InChI=1S/C28H30Br2N2O3/c1-18-23(29)15-22(16-24(18)30)26-25(27(33)35-17-21-11-7-4-8-12-21)19(2)32(28(34)31-26)14-13-20-9-5-3-6-10-20/h4,7-9,11-12,15-16,26H,3,5-6,10,13-14,17H2,1-2H3,(H,31,34). The van der Waals surface area contributed by atoms with Gasteiger partial charge in [-0.2, -0.15) is 0 Å². The van der Waals surface area contributed by atoms with Gasteiger partial charge in [0.15, 0.2) is 0 Å². The first-order valence-corrected chi connectivity index (χ1v) is 13.6. The van der Waals surface area contributed by atoms with Crippen molar-refractivity contribution in [2.45, 2.75) is 58.6 Å². The molecule has 0 saturated heterocycles. The van der Waals surface area contributed by atoms with Gasteiger partial charge in [-0.25, -0.2) is 9.59 Å². The molecule has 7 heteroatoms. The molecule has 2 aromatic carbocycles. The van der Waals surface area contributed by atoms with Crippen LogP contribution in [0.25, 0.3) is 0 Å². The molecule has 1 atom stereocenters. The number of esters is 1. The number of carbonyl (C=O) groups is 2. The van der Waals surface area contributed by atoms with Crippen LogP contribution in [-0.2, 0) is 16.1 Å². The van der Waals surface area contributed by atoms with Crippen molar-refractivity contribution in [3.05, 3.63) is 91.0 Å². The molecule has 184 valence electrons. The van der Waals surface area contributed by atoms with Gasteiger partial charge >= 0.3 is 12.0 Å². The first-order chi connectivity index (χ1) is 16.8. The summed E-state index contributed by atoms with van der Waals surface area (Å²) < 4.78 is 7.54. The number of halogens is 2. The van der Waals surface area contributed by atoms with Gasteiger partial charge in [-0.3, -0.25) is 4.90 Å². The lowest BCUT2D eigenvalue weighted by atomic mass is 9.93. The summed E-state index contributed by atoms with van der Waals surface area (Å²) in [4.78, 5) is 28.4. The van der Waals surface area contributed by atoms with Crippen molar-refractivity contribution >= 4 is 43.9 Å². The molecular formula is C28H30Br2N2O3. The minimum absolute atomic E-state index is 0.172. The molecule has 5 nitrogen and oxygen atoms in total. The average Bonchev–Trinajstić information content (AvgIpc) is 2.86. The smallest absolute Gasteiger partial charge is 0.338 e. The Kier molecular flexibility index (Phi) is 8.50. The van der Waals surface area contributed by atoms with Gasteiger partial charge in [0, 0.05) is 21.2 Å². The molecule has 0 spiro atoms. The molecule has 2 aromatic rings. The zero-order valence-corrected chi connectivity index (χ0v) is 23.2. The Balaban J connectivity index is 1.65. The Morgan fingerprint density at radius 3 is 2.49 bits per heavy atom. The number of urea groups is 1. The predicted molar refractivity (Wildman–Crippen MR) is 145 cm³/mol. The van der Waals surface area contributed by atoms with E-state index in [2.05, 4.69) is 43.3 Å². The molecule has 0 bridgehead atoms. The highest BCUT2D eigenvalue weighted by atomic mass is 79.9. The summed E-state index contributed by atoms with van der Waals surface area (Å²) in [6.07, 6.45) is 7.72. The van der Waals surface area contributed by atoms with Gasteiger partial charge in [0.05, 0.1) is 11.6 Å². The maximum atomic E-state index is 13.5. The Bertz CT molecular complexity index is 1150. The van der Waals surface area contributed by atoms with E-state index in [1.54, 1.807) is 4.90 Å². The molecule has 1 heterocycles. The molecule has 0 radical (unpaired) electrons. The number of carbonyl (C=O) groups excluding carboxylic acids is 2. The first-order valence-electron chi connectivity index (χ1n) is 12.0. The van der Waals surface area contributed by atoms with E-state index >= 15 is 0 Å². The minimum atomic E-state index is -0.607. The summed E-state index contributed by atoms with van der Waals surface area (Å²) >= 11 is 7.20. The van der Waals surface area contributed by atoms with Crippen molar-refractivity contribution < 1.29 is 14.3 Å². The van der Waals surface area contributed by atoms with Crippen molar-refractivity contribution in [2.75, 3.05) is 6.54 Å². The number of amides is 2. The van der Waals surface area contributed by atoms with Gasteiger partial charge in [0.1, 0.15) is 6.61 Å². The molecule has 0 saturated carbocycles. The fourth-order valence-electron chi connectivity index (χ4n) is 4.58. The van der Waals surface area contributed by atoms with Crippen LogP contribution >= 0.6 is 31.9 Å². The molecule has 1 N–H and O–H groups in total. The van der Waals surface area contributed by atoms with Crippen LogP contribution in [0.15, 0.2) is 74.3 Å². The SMILES string of the molecule is CC1=C(C(=O)OCc2ccccc2)C(c2cc(Br)c(C)c(Br)c2)NC(=O)N1CCC1=CCCCC1. The maximum Gasteiger partial charge on any atom is 0.338 e. The summed E-state index contributed by atoms with van der Waals surface area (Å²) in [5.74, 6) is -0.425. The molecule has 0 fully saturated rings. The van der Waals surface area contributed by atoms with Crippen molar-refractivity contribution in [2.24, 2.45) is 0 Å². The van der Waals surface area contributed by atoms with Crippen LogP contribution in [0, 0.1) is 6.92 Å². The van der Waals surface area contributed by atoms with E-state index in [0.29, 0.717) is 17.8 Å². The second kappa shape index (κ2) is 11.6. The summed E-state index contributed by atoms with van der Waals surface area (Å²) in [7, 11) is 0. The van der Waals surface area contributed by atoms with Gasteiger partial charge < -0.3 is 10.1 Å². The highest BCUT2D eigenvalue weighted by molar-refractivity contribution is 9.11. The fraction of sp³-hybridized carbons (Fsp3) is 0.357. The predicted octanol–water partition coefficient (Wildman–Crippen LogP) is 7.49. The van der Waals surface area contributed by atoms with Crippen LogP contribution in [0.5, 0.6) is 0 Å². The third-order valence-corrected chi connectivity index (χ3v) is 8.35. The monoisotopic (exact) mass is 600 g/mol. The summed E-state index contributed by atoms with van der Waals surface area (Å²) in [5.41, 5.74) is 5.26. The summed E-state index contributed by atoms with van der Waals surface area (Å²) in [5, 5.41) is 3.07. The molecule has 35 heavy (non-hydrogen) atoms. The highest BCUT2D eigenvalue weighted by Crippen LogP contribution is 2.36. The van der Waals surface area contributed by atoms with E-state index in [0.717, 1.165) is 44.9 Å². The van der Waals surface area contributed by atoms with E-state index in [1.807, 2.05) is 56.3 Å². The number of nitrogens with zero attached hydrogens (tertiary/aromatic N) is 1. The zero-order chi connectivity index (χ0) is 24.9. The maximum absolute atomic E-state index is 13.5. The lowest BCUT2D eigenvalue weighted by Crippen LogP contribution is -2.48. The third-order valence-electron chi connectivity index (χ3n) is 6.71. The Labute approximate surface area is 223 Å². The van der Waals surface area contributed by atoms with Gasteiger partial charge in [-0.1, -0.05) is 73.8 Å². The fourth-order valence-corrected chi connectivity index (χ4v) is 5.81. The topological polar surface area (TPSA) is 58.6 Å².